The normalized spacial score (nSPS) is 21.1. The van der Waals surface area contributed by atoms with Crippen LogP contribution in [0.15, 0.2) is 33.7 Å². The number of rotatable bonds is 4. The number of nitrogens with two attached hydrogens (primary N) is 1. The van der Waals surface area contributed by atoms with E-state index in [9.17, 15) is 4.79 Å². The van der Waals surface area contributed by atoms with Crippen molar-refractivity contribution in [2.24, 2.45) is 11.7 Å². The molecular weight excluding hydrogens is 297 g/mol. The Balaban J connectivity index is 2.56. The van der Waals surface area contributed by atoms with Crippen LogP contribution in [0.25, 0.3) is 0 Å². The van der Waals surface area contributed by atoms with Crippen LogP contribution < -0.4 is 5.73 Å². The van der Waals surface area contributed by atoms with Gasteiger partial charge in [0, 0.05) is 0 Å². The van der Waals surface area contributed by atoms with Crippen molar-refractivity contribution in [3.8, 4) is 0 Å². The first-order chi connectivity index (χ1) is 7.13. The summed E-state index contributed by atoms with van der Waals surface area (Å²) in [6.45, 7) is 2.64. The van der Waals surface area contributed by atoms with Gasteiger partial charge in [0.1, 0.15) is 0 Å². The zero-order valence-corrected chi connectivity index (χ0v) is 11.5. The predicted molar refractivity (Wildman–Crippen MR) is 60.0 cm³/mol. The quantitative estimate of drug-likeness (QED) is 0.622. The average molecular weight is 311 g/mol. The Kier molecular flexibility index (Phi) is 4.94. The molecule has 0 aromatic rings. The van der Waals surface area contributed by atoms with Crippen LogP contribution in [0.4, 0.5) is 0 Å². The number of carbonyl (C=O) groups excluding carboxylic acids is 1. The van der Waals surface area contributed by atoms with Crippen LogP contribution in [-0.4, -0.2) is 35.0 Å². The van der Waals surface area contributed by atoms with E-state index in [0.717, 1.165) is 34.7 Å². The fourth-order valence-corrected chi connectivity index (χ4v) is 1.92. The maximum atomic E-state index is 10.9. The molecule has 0 heterocycles. The van der Waals surface area contributed by atoms with Gasteiger partial charge >= 0.3 is 103 Å². The summed E-state index contributed by atoms with van der Waals surface area (Å²) < 4.78 is 6.05. The van der Waals surface area contributed by atoms with Crippen LogP contribution in [0, 0.1) is 5.92 Å². The molecule has 4 heteroatoms. The number of carbonyl (C=O) groups is 1. The van der Waals surface area contributed by atoms with Crippen molar-refractivity contribution < 1.29 is 9.53 Å². The first-order valence-corrected chi connectivity index (χ1v) is 6.30. The van der Waals surface area contributed by atoms with E-state index in [1.165, 1.54) is 0 Å². The number of ether oxygens (including phenoxy) is 1. The van der Waals surface area contributed by atoms with Gasteiger partial charge in [-0.1, -0.05) is 0 Å². The van der Waals surface area contributed by atoms with Crippen molar-refractivity contribution in [1.29, 1.82) is 0 Å². The molecule has 3 radical (unpaired) electrons. The summed E-state index contributed by atoms with van der Waals surface area (Å²) in [6.07, 6.45) is 8.82. The summed E-state index contributed by atoms with van der Waals surface area (Å²) in [6, 6.07) is 0. The van der Waals surface area contributed by atoms with Crippen LogP contribution in [0.1, 0.15) is 13.3 Å². The molecule has 15 heavy (non-hydrogen) atoms. The van der Waals surface area contributed by atoms with Crippen molar-refractivity contribution in [3.05, 3.63) is 33.7 Å². The first kappa shape index (κ1) is 12.4. The molecule has 1 unspecified atom stereocenters. The molecule has 2 N–H and O–H groups in total. The molecule has 0 aliphatic heterocycles. The molecule has 0 spiro atoms. The van der Waals surface area contributed by atoms with Gasteiger partial charge in [0.05, 0.1) is 0 Å². The molecule has 1 rings (SSSR count). The molecule has 0 fully saturated rings. The molecule has 0 saturated carbocycles. The second kappa shape index (κ2) is 6.00. The minimum absolute atomic E-state index is 0.274. The van der Waals surface area contributed by atoms with Gasteiger partial charge in [-0.05, 0) is 0 Å². The molecule has 0 saturated heterocycles. The van der Waals surface area contributed by atoms with E-state index in [2.05, 4.69) is 0 Å². The minimum atomic E-state index is -0.318. The number of hydrogen-bond acceptors (Lipinski definition) is 2. The van der Waals surface area contributed by atoms with Crippen LogP contribution in [0.5, 0.6) is 0 Å². The molecule has 1 amide bonds. The Hall–Kier alpha value is -0.711. The van der Waals surface area contributed by atoms with Gasteiger partial charge in [0.15, 0.2) is 0 Å². The van der Waals surface area contributed by atoms with Gasteiger partial charge in [-0.2, -0.15) is 0 Å². The van der Waals surface area contributed by atoms with E-state index in [1.54, 1.807) is 0 Å². The van der Waals surface area contributed by atoms with Gasteiger partial charge < -0.3 is 0 Å². The number of amides is 1. The van der Waals surface area contributed by atoms with E-state index in [0.29, 0.717) is 10.2 Å². The Morgan fingerprint density at radius 3 is 3.00 bits per heavy atom. The summed E-state index contributed by atoms with van der Waals surface area (Å²) in [5.41, 5.74) is 5.18. The van der Waals surface area contributed by atoms with E-state index < -0.39 is 0 Å². The van der Waals surface area contributed by atoms with Crippen LogP contribution >= 0.6 is 0 Å². The molecule has 3 nitrogen and oxygen atoms in total. The molecule has 1 aliphatic carbocycles. The Morgan fingerprint density at radius 2 is 2.53 bits per heavy atom. The van der Waals surface area contributed by atoms with Gasteiger partial charge in [-0.3, -0.25) is 0 Å². The second-order valence-corrected chi connectivity index (χ2v) is 4.78. The van der Waals surface area contributed by atoms with Crippen molar-refractivity contribution in [1.82, 2.24) is 0 Å². The molecule has 0 aromatic heterocycles. The second-order valence-electron chi connectivity index (χ2n) is 3.24. The standard InChI is InChI=1S/C11H14NO2.Sn/c1-2-14-10-6-3-9(4-7-10)5-8-11(12)13;/h3,5-7,9H,2,4H2,1H3,(H2,12,13);. The fourth-order valence-electron chi connectivity index (χ4n) is 1.31. The van der Waals surface area contributed by atoms with Crippen molar-refractivity contribution in [2.75, 3.05) is 6.61 Å². The third-order valence-corrected chi connectivity index (χ3v) is 3.24. The topological polar surface area (TPSA) is 52.3 Å². The monoisotopic (exact) mass is 312 g/mol. The molecule has 0 bridgehead atoms. The summed E-state index contributed by atoms with van der Waals surface area (Å²) >= 11 is 1.07. The zero-order valence-electron chi connectivity index (χ0n) is 8.69. The molecule has 1 aliphatic rings. The van der Waals surface area contributed by atoms with E-state index in [4.69, 9.17) is 10.5 Å². The van der Waals surface area contributed by atoms with Crippen LogP contribution in [0.2, 0.25) is 0 Å². The number of primary amides is 1. The van der Waals surface area contributed by atoms with Crippen molar-refractivity contribution in [3.63, 3.8) is 0 Å². The maximum absolute atomic E-state index is 10.9. The van der Waals surface area contributed by atoms with Crippen molar-refractivity contribution >= 4 is 28.4 Å². The predicted octanol–water partition coefficient (Wildman–Crippen LogP) is 1.02. The third-order valence-electron chi connectivity index (χ3n) is 2.06. The summed E-state index contributed by atoms with van der Waals surface area (Å²) in [4.78, 5) is 10.9. The first-order valence-electron chi connectivity index (χ1n) is 4.88. The number of hydrogen-bond donors (Lipinski definition) is 1. The Morgan fingerprint density at radius 1 is 1.80 bits per heavy atom. The van der Waals surface area contributed by atoms with Crippen molar-refractivity contribution in [2.45, 2.75) is 13.3 Å². The van der Waals surface area contributed by atoms with Gasteiger partial charge in [0.25, 0.3) is 0 Å². The zero-order chi connectivity index (χ0) is 11.3. The molecule has 0 aromatic carbocycles. The van der Waals surface area contributed by atoms with Gasteiger partial charge in [-0.15, -0.1) is 0 Å². The Bertz CT molecular complexity index is 331. The van der Waals surface area contributed by atoms with Crippen LogP contribution in [-0.2, 0) is 9.53 Å². The Labute approximate surface area is 103 Å². The number of allylic oxidation sites excluding steroid dienone is 4. The molecular formula is C11H14NO2Sn. The van der Waals surface area contributed by atoms with Crippen LogP contribution in [0.3, 0.4) is 0 Å². The van der Waals surface area contributed by atoms with E-state index >= 15 is 0 Å². The summed E-state index contributed by atoms with van der Waals surface area (Å²) in [7, 11) is 0. The fraction of sp³-hybridized carbons (Fsp3) is 0.364. The third kappa shape index (κ3) is 4.11. The van der Waals surface area contributed by atoms with E-state index in [1.807, 2.05) is 31.2 Å². The van der Waals surface area contributed by atoms with Gasteiger partial charge in [0.2, 0.25) is 0 Å². The molecule has 79 valence electrons. The summed E-state index contributed by atoms with van der Waals surface area (Å²) in [5, 5.41) is 0. The summed E-state index contributed by atoms with van der Waals surface area (Å²) in [5.74, 6) is 0.865. The van der Waals surface area contributed by atoms with E-state index in [-0.39, 0.29) is 11.8 Å². The SMILES string of the molecule is CCOC1=CCC(/C=[C](/[Sn])C(N)=O)C=C1. The molecule has 1 atom stereocenters. The average Bonchev–Trinajstić information content (AvgIpc) is 2.21. The van der Waals surface area contributed by atoms with Gasteiger partial charge in [-0.25, -0.2) is 0 Å².